The van der Waals surface area contributed by atoms with Crippen LogP contribution < -0.4 is 10.6 Å². The van der Waals surface area contributed by atoms with Crippen molar-refractivity contribution in [2.45, 2.75) is 13.0 Å². The summed E-state index contributed by atoms with van der Waals surface area (Å²) >= 11 is 0. The third kappa shape index (κ3) is 4.41. The van der Waals surface area contributed by atoms with E-state index >= 15 is 0 Å². The van der Waals surface area contributed by atoms with Crippen LogP contribution in [-0.4, -0.2) is 24.2 Å². The molecule has 1 atom stereocenters. The molecule has 0 fully saturated rings. The molecule has 1 unspecified atom stereocenters. The summed E-state index contributed by atoms with van der Waals surface area (Å²) in [6.07, 6.45) is 0. The van der Waals surface area contributed by atoms with Crippen molar-refractivity contribution in [3.8, 4) is 0 Å². The molecule has 0 aliphatic carbocycles. The lowest BCUT2D eigenvalue weighted by Crippen LogP contribution is -2.33. The number of anilines is 1. The second-order valence-electron chi connectivity index (χ2n) is 4.89. The third-order valence-electron chi connectivity index (χ3n) is 3.31. The van der Waals surface area contributed by atoms with Gasteiger partial charge in [-0.3, -0.25) is 10.1 Å². The van der Waals surface area contributed by atoms with Crippen molar-refractivity contribution < 1.29 is 9.90 Å². The Kier molecular flexibility index (Phi) is 5.49. The Morgan fingerprint density at radius 3 is 2.43 bits per heavy atom. The first-order chi connectivity index (χ1) is 10.2. The highest BCUT2D eigenvalue weighted by Crippen LogP contribution is 2.13. The number of carbonyl (C=O) groups is 1. The molecule has 2 rings (SSSR count). The zero-order valence-electron chi connectivity index (χ0n) is 12.0. The molecule has 0 heterocycles. The van der Waals surface area contributed by atoms with E-state index in [2.05, 4.69) is 10.6 Å². The summed E-state index contributed by atoms with van der Waals surface area (Å²) in [4.78, 5) is 12.0. The maximum atomic E-state index is 12.0. The van der Waals surface area contributed by atoms with E-state index in [1.807, 2.05) is 61.5 Å². The Hall–Kier alpha value is -2.17. The predicted octanol–water partition coefficient (Wildman–Crippen LogP) is 2.26. The molecular formula is C17H20N2O2. The van der Waals surface area contributed by atoms with E-state index in [1.165, 1.54) is 0 Å². The summed E-state index contributed by atoms with van der Waals surface area (Å²) in [7, 11) is 0. The number of carbonyl (C=O) groups excluding carboxylic acids is 1. The molecule has 0 aliphatic rings. The van der Waals surface area contributed by atoms with E-state index < -0.39 is 0 Å². The van der Waals surface area contributed by atoms with Crippen molar-refractivity contribution in [2.24, 2.45) is 0 Å². The molecule has 4 nitrogen and oxygen atoms in total. The van der Waals surface area contributed by atoms with Crippen LogP contribution in [0.4, 0.5) is 5.69 Å². The predicted molar refractivity (Wildman–Crippen MR) is 84.1 cm³/mol. The lowest BCUT2D eigenvalue weighted by Gasteiger charge is -2.16. The van der Waals surface area contributed by atoms with Crippen LogP contribution in [0.2, 0.25) is 0 Å². The van der Waals surface area contributed by atoms with Gasteiger partial charge in [0.2, 0.25) is 5.91 Å². The number of amides is 1. The average molecular weight is 284 g/mol. The second kappa shape index (κ2) is 7.57. The Bertz CT molecular complexity index is 584. The largest absolute Gasteiger partial charge is 0.394 e. The van der Waals surface area contributed by atoms with Gasteiger partial charge in [0.15, 0.2) is 0 Å². The summed E-state index contributed by atoms with van der Waals surface area (Å²) < 4.78 is 0. The zero-order valence-corrected chi connectivity index (χ0v) is 12.0. The molecule has 2 aromatic rings. The van der Waals surface area contributed by atoms with Crippen LogP contribution in [0.15, 0.2) is 54.6 Å². The highest BCUT2D eigenvalue weighted by molar-refractivity contribution is 5.92. The summed E-state index contributed by atoms with van der Waals surface area (Å²) in [5.41, 5.74) is 2.79. The van der Waals surface area contributed by atoms with Crippen molar-refractivity contribution in [1.29, 1.82) is 0 Å². The van der Waals surface area contributed by atoms with Crippen LogP contribution in [0.1, 0.15) is 17.2 Å². The fourth-order valence-electron chi connectivity index (χ4n) is 2.10. The van der Waals surface area contributed by atoms with E-state index in [0.29, 0.717) is 0 Å². The molecule has 0 bridgehead atoms. The first kappa shape index (κ1) is 15.2. The number of rotatable bonds is 6. The molecule has 0 saturated heterocycles. The Morgan fingerprint density at radius 2 is 1.76 bits per heavy atom. The van der Waals surface area contributed by atoms with E-state index in [-0.39, 0.29) is 25.1 Å². The monoisotopic (exact) mass is 284 g/mol. The van der Waals surface area contributed by atoms with Gasteiger partial charge in [0.1, 0.15) is 0 Å². The minimum Gasteiger partial charge on any atom is -0.394 e. The Labute approximate surface area is 124 Å². The first-order valence-electron chi connectivity index (χ1n) is 6.95. The van der Waals surface area contributed by atoms with Crippen molar-refractivity contribution in [3.05, 3.63) is 65.7 Å². The highest BCUT2D eigenvalue weighted by Gasteiger charge is 2.11. The van der Waals surface area contributed by atoms with Crippen LogP contribution in [0.5, 0.6) is 0 Å². The van der Waals surface area contributed by atoms with Crippen LogP contribution in [0, 0.1) is 6.92 Å². The molecule has 0 aliphatic heterocycles. The molecule has 0 saturated carbocycles. The molecule has 1 amide bonds. The number of aryl methyl sites for hydroxylation is 1. The van der Waals surface area contributed by atoms with Gasteiger partial charge < -0.3 is 10.4 Å². The van der Waals surface area contributed by atoms with Gasteiger partial charge in [-0.1, -0.05) is 48.5 Å². The molecule has 0 spiro atoms. The van der Waals surface area contributed by atoms with Gasteiger partial charge in [0, 0.05) is 5.69 Å². The number of aliphatic hydroxyl groups excluding tert-OH is 1. The summed E-state index contributed by atoms with van der Waals surface area (Å²) in [5.74, 6) is -0.126. The SMILES string of the molecule is Cc1ccccc1NC(=O)CNC(CO)c1ccccc1. The van der Waals surface area contributed by atoms with E-state index in [1.54, 1.807) is 0 Å². The average Bonchev–Trinajstić information content (AvgIpc) is 2.51. The van der Waals surface area contributed by atoms with Crippen LogP contribution in [-0.2, 0) is 4.79 Å². The number of aliphatic hydroxyl groups is 1. The topological polar surface area (TPSA) is 61.4 Å². The zero-order chi connectivity index (χ0) is 15.1. The van der Waals surface area contributed by atoms with Gasteiger partial charge in [0.25, 0.3) is 0 Å². The van der Waals surface area contributed by atoms with Crippen molar-refractivity contribution in [2.75, 3.05) is 18.5 Å². The quantitative estimate of drug-likeness (QED) is 0.762. The standard InChI is InChI=1S/C17H20N2O2/c1-13-7-5-6-10-15(13)19-17(21)11-18-16(12-20)14-8-3-2-4-9-14/h2-10,16,18,20H,11-12H2,1H3,(H,19,21). The molecular weight excluding hydrogens is 264 g/mol. The number of hydrogen-bond acceptors (Lipinski definition) is 3. The van der Waals surface area contributed by atoms with Crippen LogP contribution in [0.25, 0.3) is 0 Å². The third-order valence-corrected chi connectivity index (χ3v) is 3.31. The second-order valence-corrected chi connectivity index (χ2v) is 4.89. The normalized spacial score (nSPS) is 11.9. The number of hydrogen-bond donors (Lipinski definition) is 3. The maximum Gasteiger partial charge on any atom is 0.238 e. The highest BCUT2D eigenvalue weighted by atomic mass is 16.3. The minimum absolute atomic E-state index is 0.0539. The van der Waals surface area contributed by atoms with Crippen LogP contribution >= 0.6 is 0 Å². The fraction of sp³-hybridized carbons (Fsp3) is 0.235. The molecule has 0 aromatic heterocycles. The lowest BCUT2D eigenvalue weighted by molar-refractivity contribution is -0.115. The van der Waals surface area contributed by atoms with E-state index in [4.69, 9.17) is 0 Å². The summed E-state index contributed by atoms with van der Waals surface area (Å²) in [6.45, 7) is 2.04. The van der Waals surface area contributed by atoms with Crippen LogP contribution in [0.3, 0.4) is 0 Å². The first-order valence-corrected chi connectivity index (χ1v) is 6.95. The van der Waals surface area contributed by atoms with Crippen molar-refractivity contribution >= 4 is 11.6 Å². The molecule has 0 radical (unpaired) electrons. The molecule has 21 heavy (non-hydrogen) atoms. The maximum absolute atomic E-state index is 12.0. The van der Waals surface area contributed by atoms with Gasteiger partial charge in [0.05, 0.1) is 19.2 Å². The summed E-state index contributed by atoms with van der Waals surface area (Å²) in [5, 5.41) is 15.4. The smallest absolute Gasteiger partial charge is 0.238 e. The number of benzene rings is 2. The molecule has 4 heteroatoms. The molecule has 3 N–H and O–H groups in total. The van der Waals surface area contributed by atoms with Gasteiger partial charge in [-0.05, 0) is 24.1 Å². The summed E-state index contributed by atoms with van der Waals surface area (Å²) in [6, 6.07) is 17.0. The molecule has 2 aromatic carbocycles. The minimum atomic E-state index is -0.242. The Balaban J connectivity index is 1.90. The van der Waals surface area contributed by atoms with Gasteiger partial charge in [-0.2, -0.15) is 0 Å². The Morgan fingerprint density at radius 1 is 1.10 bits per heavy atom. The van der Waals surface area contributed by atoms with Gasteiger partial charge in [-0.15, -0.1) is 0 Å². The van der Waals surface area contributed by atoms with Crippen molar-refractivity contribution in [1.82, 2.24) is 5.32 Å². The van der Waals surface area contributed by atoms with Crippen molar-refractivity contribution in [3.63, 3.8) is 0 Å². The van der Waals surface area contributed by atoms with Gasteiger partial charge in [-0.25, -0.2) is 0 Å². The molecule has 110 valence electrons. The fourth-order valence-corrected chi connectivity index (χ4v) is 2.10. The van der Waals surface area contributed by atoms with Gasteiger partial charge >= 0.3 is 0 Å². The van der Waals surface area contributed by atoms with E-state index in [0.717, 1.165) is 16.8 Å². The number of para-hydroxylation sites is 1. The number of nitrogens with one attached hydrogen (secondary N) is 2. The lowest BCUT2D eigenvalue weighted by atomic mass is 10.1. The van der Waals surface area contributed by atoms with E-state index in [9.17, 15) is 9.90 Å².